The van der Waals surface area contributed by atoms with Crippen LogP contribution in [0.25, 0.3) is 0 Å². The third kappa shape index (κ3) is 2.59. The van der Waals surface area contributed by atoms with Crippen LogP contribution in [0, 0.1) is 13.7 Å². The van der Waals surface area contributed by atoms with Gasteiger partial charge < -0.3 is 4.90 Å². The number of amides is 1. The lowest BCUT2D eigenvalue weighted by Crippen LogP contribution is -2.25. The Morgan fingerprint density at radius 2 is 2.24 bits per heavy atom. The summed E-state index contributed by atoms with van der Waals surface area (Å²) in [6.07, 6.45) is 0.378. The molecule has 1 saturated heterocycles. The van der Waals surface area contributed by atoms with Crippen LogP contribution >= 0.6 is 38.5 Å². The number of nitro benzene ring substituents is 1. The summed E-state index contributed by atoms with van der Waals surface area (Å²) in [6.45, 7) is 0.472. The summed E-state index contributed by atoms with van der Waals surface area (Å²) in [4.78, 5) is 23.8. The van der Waals surface area contributed by atoms with E-state index in [0.29, 0.717) is 18.7 Å². The summed E-state index contributed by atoms with van der Waals surface area (Å²) < 4.78 is 0.778. The molecule has 1 fully saturated rings. The third-order valence-corrected chi connectivity index (χ3v) is 3.79. The quantitative estimate of drug-likeness (QED) is 0.326. The maximum Gasteiger partial charge on any atom is 0.294 e. The van der Waals surface area contributed by atoms with Gasteiger partial charge in [0.25, 0.3) is 5.69 Å². The van der Waals surface area contributed by atoms with Crippen LogP contribution in [0.2, 0.25) is 0 Å². The van der Waals surface area contributed by atoms with Crippen LogP contribution in [0.5, 0.6) is 0 Å². The Morgan fingerprint density at radius 3 is 2.76 bits per heavy atom. The van der Waals surface area contributed by atoms with Crippen molar-refractivity contribution in [3.05, 3.63) is 31.9 Å². The Kier molecular flexibility index (Phi) is 3.67. The number of halogens is 2. The SMILES string of the molecule is O=C1CC(Br)CN1c1ccc(I)cc1[N+](=O)[O-]. The molecule has 1 aliphatic heterocycles. The maximum atomic E-state index is 11.7. The van der Waals surface area contributed by atoms with Gasteiger partial charge in [0.15, 0.2) is 0 Å². The fourth-order valence-electron chi connectivity index (χ4n) is 1.77. The Hall–Kier alpha value is -0.700. The van der Waals surface area contributed by atoms with E-state index in [-0.39, 0.29) is 16.4 Å². The van der Waals surface area contributed by atoms with Crippen molar-refractivity contribution in [2.24, 2.45) is 0 Å². The van der Waals surface area contributed by atoms with E-state index in [1.54, 1.807) is 12.1 Å². The molecular weight excluding hydrogens is 403 g/mol. The van der Waals surface area contributed by atoms with Crippen molar-refractivity contribution >= 4 is 55.8 Å². The standard InChI is InChI=1S/C10H8BrIN2O3/c11-6-3-10(15)13(5-6)8-2-1-7(12)4-9(8)14(16)17/h1-2,4,6H,3,5H2. The minimum atomic E-state index is -0.452. The molecule has 17 heavy (non-hydrogen) atoms. The van der Waals surface area contributed by atoms with Gasteiger partial charge in [-0.1, -0.05) is 15.9 Å². The predicted molar refractivity (Wildman–Crippen MR) is 75.5 cm³/mol. The van der Waals surface area contributed by atoms with E-state index < -0.39 is 4.92 Å². The van der Waals surface area contributed by atoms with Gasteiger partial charge in [-0.2, -0.15) is 0 Å². The summed E-state index contributed by atoms with van der Waals surface area (Å²) in [5.74, 6) is -0.0869. The van der Waals surface area contributed by atoms with Crippen LogP contribution in [-0.2, 0) is 4.79 Å². The molecule has 7 heteroatoms. The first-order valence-corrected chi connectivity index (χ1v) is 6.87. The van der Waals surface area contributed by atoms with Gasteiger partial charge in [0.05, 0.1) is 4.92 Å². The Bertz CT molecular complexity index is 494. The van der Waals surface area contributed by atoms with Crippen LogP contribution in [0.1, 0.15) is 6.42 Å². The molecule has 1 aromatic rings. The number of nitro groups is 1. The van der Waals surface area contributed by atoms with Crippen molar-refractivity contribution in [1.29, 1.82) is 0 Å². The monoisotopic (exact) mass is 410 g/mol. The second-order valence-corrected chi connectivity index (χ2v) is 6.24. The lowest BCUT2D eigenvalue weighted by molar-refractivity contribution is -0.384. The molecule has 2 rings (SSSR count). The molecule has 0 aliphatic carbocycles. The normalized spacial score (nSPS) is 19.8. The number of rotatable bonds is 2. The third-order valence-electron chi connectivity index (χ3n) is 2.50. The Balaban J connectivity index is 2.45. The average Bonchev–Trinajstić information content (AvgIpc) is 2.57. The molecule has 1 amide bonds. The van der Waals surface area contributed by atoms with Crippen LogP contribution in [-0.4, -0.2) is 22.2 Å². The zero-order valence-corrected chi connectivity index (χ0v) is 12.3. The van der Waals surface area contributed by atoms with Crippen molar-refractivity contribution in [2.45, 2.75) is 11.2 Å². The van der Waals surface area contributed by atoms with E-state index >= 15 is 0 Å². The Morgan fingerprint density at radius 1 is 1.53 bits per heavy atom. The fraction of sp³-hybridized carbons (Fsp3) is 0.300. The predicted octanol–water partition coefficient (Wildman–Crippen LogP) is 2.70. The first-order chi connectivity index (χ1) is 7.99. The molecule has 90 valence electrons. The summed E-state index contributed by atoms with van der Waals surface area (Å²) in [6, 6.07) is 4.87. The fourth-order valence-corrected chi connectivity index (χ4v) is 2.81. The van der Waals surface area contributed by atoms with Gasteiger partial charge in [0.2, 0.25) is 5.91 Å². The molecule has 5 nitrogen and oxygen atoms in total. The van der Waals surface area contributed by atoms with Gasteiger partial charge in [-0.3, -0.25) is 14.9 Å². The van der Waals surface area contributed by atoms with Crippen LogP contribution < -0.4 is 4.90 Å². The van der Waals surface area contributed by atoms with Crippen molar-refractivity contribution in [3.8, 4) is 0 Å². The molecule has 0 bridgehead atoms. The zero-order valence-electron chi connectivity index (χ0n) is 8.60. The van der Waals surface area contributed by atoms with E-state index in [9.17, 15) is 14.9 Å². The molecule has 0 N–H and O–H groups in total. The maximum absolute atomic E-state index is 11.7. The Labute approximate surface area is 120 Å². The number of alkyl halides is 1. The van der Waals surface area contributed by atoms with Crippen molar-refractivity contribution in [3.63, 3.8) is 0 Å². The molecule has 0 spiro atoms. The van der Waals surface area contributed by atoms with E-state index in [4.69, 9.17) is 0 Å². The highest BCUT2D eigenvalue weighted by molar-refractivity contribution is 14.1. The van der Waals surface area contributed by atoms with Crippen LogP contribution in [0.15, 0.2) is 18.2 Å². The lowest BCUT2D eigenvalue weighted by atomic mass is 10.2. The topological polar surface area (TPSA) is 63.5 Å². The second kappa shape index (κ2) is 4.89. The van der Waals surface area contributed by atoms with E-state index in [0.717, 1.165) is 3.57 Å². The van der Waals surface area contributed by atoms with Crippen molar-refractivity contribution in [1.82, 2.24) is 0 Å². The molecule has 0 saturated carbocycles. The summed E-state index contributed by atoms with van der Waals surface area (Å²) in [5, 5.41) is 11.0. The van der Waals surface area contributed by atoms with Crippen LogP contribution in [0.3, 0.4) is 0 Å². The number of nitrogens with zero attached hydrogens (tertiary/aromatic N) is 2. The van der Waals surface area contributed by atoms with E-state index in [1.165, 1.54) is 11.0 Å². The average molecular weight is 411 g/mol. The summed E-state index contributed by atoms with van der Waals surface area (Å²) in [7, 11) is 0. The van der Waals surface area contributed by atoms with Gasteiger partial charge in [-0.25, -0.2) is 0 Å². The first kappa shape index (κ1) is 12.7. The molecule has 1 aromatic carbocycles. The van der Waals surface area contributed by atoms with E-state index in [1.807, 2.05) is 22.6 Å². The van der Waals surface area contributed by atoms with Gasteiger partial charge in [0, 0.05) is 27.4 Å². The van der Waals surface area contributed by atoms with Crippen molar-refractivity contribution in [2.75, 3.05) is 11.4 Å². The molecule has 1 atom stereocenters. The van der Waals surface area contributed by atoms with Gasteiger partial charge in [-0.05, 0) is 34.7 Å². The molecule has 1 heterocycles. The number of carbonyl (C=O) groups excluding carboxylic acids is 1. The molecule has 0 radical (unpaired) electrons. The van der Waals surface area contributed by atoms with Crippen molar-refractivity contribution < 1.29 is 9.72 Å². The molecule has 1 aliphatic rings. The first-order valence-electron chi connectivity index (χ1n) is 4.87. The van der Waals surface area contributed by atoms with Gasteiger partial charge in [0.1, 0.15) is 5.69 Å². The minimum Gasteiger partial charge on any atom is -0.305 e. The minimum absolute atomic E-state index is 0.0214. The number of anilines is 1. The van der Waals surface area contributed by atoms with E-state index in [2.05, 4.69) is 15.9 Å². The number of hydrogen-bond donors (Lipinski definition) is 0. The summed E-state index contributed by atoms with van der Waals surface area (Å²) >= 11 is 5.37. The number of hydrogen-bond acceptors (Lipinski definition) is 3. The highest BCUT2D eigenvalue weighted by atomic mass is 127. The van der Waals surface area contributed by atoms with Gasteiger partial charge >= 0.3 is 0 Å². The van der Waals surface area contributed by atoms with Crippen LogP contribution in [0.4, 0.5) is 11.4 Å². The van der Waals surface area contributed by atoms with Gasteiger partial charge in [-0.15, -0.1) is 0 Å². The summed E-state index contributed by atoms with van der Waals surface area (Å²) in [5.41, 5.74) is 0.356. The lowest BCUT2D eigenvalue weighted by Gasteiger charge is -2.15. The smallest absolute Gasteiger partial charge is 0.294 e. The molecule has 1 unspecified atom stereocenters. The molecular formula is C10H8BrIN2O3. The number of carbonyl (C=O) groups is 1. The number of benzene rings is 1. The highest BCUT2D eigenvalue weighted by Gasteiger charge is 2.32. The molecule has 0 aromatic heterocycles. The second-order valence-electron chi connectivity index (χ2n) is 3.70. The zero-order chi connectivity index (χ0) is 12.6. The highest BCUT2D eigenvalue weighted by Crippen LogP contribution is 2.33. The largest absolute Gasteiger partial charge is 0.305 e.